The van der Waals surface area contributed by atoms with Gasteiger partial charge >= 0.3 is 0 Å². The molecule has 1 aliphatic rings. The summed E-state index contributed by atoms with van der Waals surface area (Å²) in [4.78, 5) is 13.4. The van der Waals surface area contributed by atoms with Crippen molar-refractivity contribution in [1.82, 2.24) is 4.90 Å². The zero-order chi connectivity index (χ0) is 9.84. The molecule has 1 N–H and O–H groups in total. The predicted octanol–water partition coefficient (Wildman–Crippen LogP) is 0.936. The fourth-order valence-electron chi connectivity index (χ4n) is 1.67. The number of nitrogens with zero attached hydrogens (tertiary/aromatic N) is 1. The Morgan fingerprint density at radius 1 is 1.62 bits per heavy atom. The van der Waals surface area contributed by atoms with Crippen LogP contribution in [0, 0.1) is 0 Å². The third-order valence-corrected chi connectivity index (χ3v) is 2.56. The molecule has 0 radical (unpaired) electrons. The van der Waals surface area contributed by atoms with E-state index in [1.54, 1.807) is 0 Å². The Morgan fingerprint density at radius 2 is 2.31 bits per heavy atom. The highest BCUT2D eigenvalue weighted by Gasteiger charge is 2.24. The van der Waals surface area contributed by atoms with Gasteiger partial charge in [0.1, 0.15) is 0 Å². The fraction of sp³-hybridized carbons (Fsp3) is 0.700. The Hall–Kier alpha value is -0.830. The first-order valence-corrected chi connectivity index (χ1v) is 4.76. The van der Waals surface area contributed by atoms with Gasteiger partial charge in [0.25, 0.3) is 5.91 Å². The maximum absolute atomic E-state index is 11.6. The molecular formula is C10H17NO2. The van der Waals surface area contributed by atoms with Crippen LogP contribution in [-0.2, 0) is 4.79 Å². The second-order valence-corrected chi connectivity index (χ2v) is 3.61. The van der Waals surface area contributed by atoms with Crippen LogP contribution in [-0.4, -0.2) is 35.1 Å². The minimum atomic E-state index is -0.234. The molecule has 1 rings (SSSR count). The Labute approximate surface area is 79.0 Å². The third-order valence-electron chi connectivity index (χ3n) is 2.56. The molecule has 3 nitrogen and oxygen atoms in total. The van der Waals surface area contributed by atoms with Gasteiger partial charge in [0.2, 0.25) is 0 Å². The molecule has 1 saturated heterocycles. The highest BCUT2D eigenvalue weighted by Crippen LogP contribution is 2.17. The summed E-state index contributed by atoms with van der Waals surface area (Å²) in [6.07, 6.45) is 3.32. The van der Waals surface area contributed by atoms with Crippen LogP contribution in [0.25, 0.3) is 0 Å². The van der Waals surface area contributed by atoms with Crippen LogP contribution < -0.4 is 0 Å². The monoisotopic (exact) mass is 183 g/mol. The van der Waals surface area contributed by atoms with E-state index >= 15 is 0 Å². The van der Waals surface area contributed by atoms with E-state index in [0.29, 0.717) is 11.6 Å². The number of hydrogen-bond acceptors (Lipinski definition) is 2. The van der Waals surface area contributed by atoms with Crippen LogP contribution in [0.3, 0.4) is 0 Å². The van der Waals surface area contributed by atoms with Gasteiger partial charge in [0.05, 0.1) is 6.61 Å². The number of piperidine rings is 1. The summed E-state index contributed by atoms with van der Waals surface area (Å²) in [5.74, 6) is -0.0882. The lowest BCUT2D eigenvalue weighted by Gasteiger charge is -2.33. The second kappa shape index (κ2) is 4.42. The molecule has 0 aromatic rings. The molecule has 0 aliphatic carbocycles. The average molecular weight is 183 g/mol. The van der Waals surface area contributed by atoms with Crippen LogP contribution in [0.15, 0.2) is 12.2 Å². The number of amides is 1. The quantitative estimate of drug-likeness (QED) is 0.647. The van der Waals surface area contributed by atoms with E-state index < -0.39 is 0 Å². The summed E-state index contributed by atoms with van der Waals surface area (Å²) in [6.45, 7) is 6.16. The van der Waals surface area contributed by atoms with Gasteiger partial charge < -0.3 is 10.0 Å². The van der Waals surface area contributed by atoms with E-state index in [4.69, 9.17) is 5.11 Å². The van der Waals surface area contributed by atoms with E-state index in [0.717, 1.165) is 19.4 Å². The van der Waals surface area contributed by atoms with Crippen molar-refractivity contribution in [2.75, 3.05) is 13.2 Å². The van der Waals surface area contributed by atoms with Gasteiger partial charge in [-0.05, 0) is 26.2 Å². The highest BCUT2D eigenvalue weighted by atomic mass is 16.3. The summed E-state index contributed by atoms with van der Waals surface area (Å²) < 4.78 is 0. The molecule has 0 bridgehead atoms. The van der Waals surface area contributed by atoms with Gasteiger partial charge in [-0.15, -0.1) is 0 Å². The molecule has 0 aromatic carbocycles. The Balaban J connectivity index is 2.58. The number of likely N-dealkylation sites (tertiary alicyclic amines) is 1. The Bertz CT molecular complexity index is 213. The van der Waals surface area contributed by atoms with Crippen molar-refractivity contribution in [2.45, 2.75) is 32.2 Å². The molecule has 1 atom stereocenters. The molecule has 1 amide bonds. The van der Waals surface area contributed by atoms with Crippen molar-refractivity contribution in [3.05, 3.63) is 12.2 Å². The standard InChI is InChI=1S/C10H17NO2/c1-8(7-12)10(13)11-6-4-3-5-9(11)2/h9,12H,1,3-7H2,2H3. The van der Waals surface area contributed by atoms with E-state index in [1.165, 1.54) is 6.42 Å². The molecular weight excluding hydrogens is 166 g/mol. The molecule has 0 aromatic heterocycles. The van der Waals surface area contributed by atoms with E-state index in [1.807, 2.05) is 11.8 Å². The summed E-state index contributed by atoms with van der Waals surface area (Å²) >= 11 is 0. The fourth-order valence-corrected chi connectivity index (χ4v) is 1.67. The molecule has 1 heterocycles. The van der Waals surface area contributed by atoms with Crippen LogP contribution in [0.4, 0.5) is 0 Å². The first-order chi connectivity index (χ1) is 6.16. The number of carbonyl (C=O) groups excluding carboxylic acids is 1. The summed E-state index contributed by atoms with van der Waals surface area (Å²) in [6, 6.07) is 0.296. The number of rotatable bonds is 2. The van der Waals surface area contributed by atoms with Gasteiger partial charge in [0, 0.05) is 18.2 Å². The van der Waals surface area contributed by atoms with Crippen LogP contribution in [0.2, 0.25) is 0 Å². The molecule has 1 aliphatic heterocycles. The minimum Gasteiger partial charge on any atom is -0.391 e. The molecule has 13 heavy (non-hydrogen) atoms. The van der Waals surface area contributed by atoms with Gasteiger partial charge in [0.15, 0.2) is 0 Å². The summed E-state index contributed by atoms with van der Waals surface area (Å²) in [7, 11) is 0. The van der Waals surface area contributed by atoms with Gasteiger partial charge in [-0.3, -0.25) is 4.79 Å². The van der Waals surface area contributed by atoms with Crippen LogP contribution >= 0.6 is 0 Å². The molecule has 1 fully saturated rings. The van der Waals surface area contributed by atoms with Gasteiger partial charge in [-0.2, -0.15) is 0 Å². The van der Waals surface area contributed by atoms with Crippen molar-refractivity contribution in [2.24, 2.45) is 0 Å². The topological polar surface area (TPSA) is 40.5 Å². The zero-order valence-corrected chi connectivity index (χ0v) is 8.12. The van der Waals surface area contributed by atoms with Crippen molar-refractivity contribution in [3.8, 4) is 0 Å². The number of hydrogen-bond donors (Lipinski definition) is 1. The van der Waals surface area contributed by atoms with Gasteiger partial charge in [-0.25, -0.2) is 0 Å². The van der Waals surface area contributed by atoms with E-state index in [9.17, 15) is 4.79 Å². The van der Waals surface area contributed by atoms with Crippen molar-refractivity contribution < 1.29 is 9.90 Å². The van der Waals surface area contributed by atoms with Gasteiger partial charge in [-0.1, -0.05) is 6.58 Å². The zero-order valence-electron chi connectivity index (χ0n) is 8.12. The molecule has 3 heteroatoms. The maximum Gasteiger partial charge on any atom is 0.251 e. The van der Waals surface area contributed by atoms with E-state index in [2.05, 4.69) is 6.58 Å². The second-order valence-electron chi connectivity index (χ2n) is 3.61. The first-order valence-electron chi connectivity index (χ1n) is 4.76. The summed E-state index contributed by atoms with van der Waals surface area (Å²) in [5.41, 5.74) is 0.300. The Morgan fingerprint density at radius 3 is 2.85 bits per heavy atom. The largest absolute Gasteiger partial charge is 0.391 e. The predicted molar refractivity (Wildman–Crippen MR) is 51.3 cm³/mol. The first kappa shape index (κ1) is 10.3. The normalized spacial score (nSPS) is 22.9. The lowest BCUT2D eigenvalue weighted by molar-refractivity contribution is -0.130. The smallest absolute Gasteiger partial charge is 0.251 e. The van der Waals surface area contributed by atoms with Crippen LogP contribution in [0.1, 0.15) is 26.2 Å². The van der Waals surface area contributed by atoms with Crippen molar-refractivity contribution in [1.29, 1.82) is 0 Å². The lowest BCUT2D eigenvalue weighted by atomic mass is 10.0. The van der Waals surface area contributed by atoms with Crippen molar-refractivity contribution in [3.63, 3.8) is 0 Å². The number of carbonyl (C=O) groups is 1. The molecule has 1 unspecified atom stereocenters. The van der Waals surface area contributed by atoms with Crippen LogP contribution in [0.5, 0.6) is 0 Å². The average Bonchev–Trinajstić information content (AvgIpc) is 2.16. The molecule has 74 valence electrons. The Kier molecular flexibility index (Phi) is 3.48. The molecule has 0 spiro atoms. The minimum absolute atomic E-state index is 0.0882. The molecule has 0 saturated carbocycles. The third kappa shape index (κ3) is 2.31. The lowest BCUT2D eigenvalue weighted by Crippen LogP contribution is -2.43. The maximum atomic E-state index is 11.6. The summed E-state index contributed by atoms with van der Waals surface area (Å²) in [5, 5.41) is 8.78. The number of aliphatic hydroxyl groups is 1. The van der Waals surface area contributed by atoms with Crippen molar-refractivity contribution >= 4 is 5.91 Å². The van der Waals surface area contributed by atoms with E-state index in [-0.39, 0.29) is 12.5 Å². The highest BCUT2D eigenvalue weighted by molar-refractivity contribution is 5.93. The SMILES string of the molecule is C=C(CO)C(=O)N1CCCCC1C. The number of aliphatic hydroxyl groups excluding tert-OH is 1.